The van der Waals surface area contributed by atoms with Gasteiger partial charge >= 0.3 is 0 Å². The van der Waals surface area contributed by atoms with Crippen LogP contribution >= 0.6 is 0 Å². The van der Waals surface area contributed by atoms with Gasteiger partial charge in [-0.3, -0.25) is 4.68 Å². The van der Waals surface area contributed by atoms with E-state index >= 15 is 0 Å². The Labute approximate surface area is 84.7 Å². The van der Waals surface area contributed by atoms with Gasteiger partial charge in [0.2, 0.25) is 0 Å². The number of rotatable bonds is 3. The second kappa shape index (κ2) is 4.13. The highest BCUT2D eigenvalue weighted by molar-refractivity contribution is 5.05. The van der Waals surface area contributed by atoms with E-state index in [1.54, 1.807) is 0 Å². The summed E-state index contributed by atoms with van der Waals surface area (Å²) >= 11 is 0. The van der Waals surface area contributed by atoms with E-state index in [0.717, 1.165) is 25.8 Å². The summed E-state index contributed by atoms with van der Waals surface area (Å²) in [5, 5.41) is 13.7. The summed E-state index contributed by atoms with van der Waals surface area (Å²) in [6.45, 7) is 3.03. The quantitative estimate of drug-likeness (QED) is 0.793. The Kier molecular flexibility index (Phi) is 2.87. The third-order valence-electron chi connectivity index (χ3n) is 3.05. The van der Waals surface area contributed by atoms with Gasteiger partial charge in [0, 0.05) is 12.7 Å². The maximum Gasteiger partial charge on any atom is 0.0543 e. The van der Waals surface area contributed by atoms with Crippen LogP contribution < -0.4 is 0 Å². The predicted molar refractivity (Wildman–Crippen MR) is 55.0 cm³/mol. The average Bonchev–Trinajstić information content (AvgIpc) is 2.76. The number of aromatic nitrogens is 2. The summed E-state index contributed by atoms with van der Waals surface area (Å²) < 4.78 is 1.96. The maximum atomic E-state index is 9.41. The molecule has 1 aliphatic rings. The number of aryl methyl sites for hydroxylation is 1. The first-order valence-electron chi connectivity index (χ1n) is 5.47. The van der Waals surface area contributed by atoms with E-state index < -0.39 is 0 Å². The molecule has 0 saturated heterocycles. The molecule has 0 amide bonds. The van der Waals surface area contributed by atoms with Crippen LogP contribution in [0.1, 0.15) is 31.7 Å². The SMILES string of the molecule is CCn1cc(CC2CCC(O)C2)cn1. The van der Waals surface area contributed by atoms with Crippen molar-refractivity contribution < 1.29 is 5.11 Å². The highest BCUT2D eigenvalue weighted by atomic mass is 16.3. The van der Waals surface area contributed by atoms with Crippen LogP contribution in [-0.2, 0) is 13.0 Å². The topological polar surface area (TPSA) is 38.0 Å². The van der Waals surface area contributed by atoms with Crippen molar-refractivity contribution in [3.8, 4) is 0 Å². The molecule has 3 heteroatoms. The molecule has 1 heterocycles. The van der Waals surface area contributed by atoms with Crippen molar-refractivity contribution in [1.29, 1.82) is 0 Å². The van der Waals surface area contributed by atoms with Crippen LogP contribution in [0, 0.1) is 5.92 Å². The number of hydrogen-bond donors (Lipinski definition) is 1. The minimum absolute atomic E-state index is 0.0544. The highest BCUT2D eigenvalue weighted by Gasteiger charge is 2.22. The van der Waals surface area contributed by atoms with Gasteiger partial charge in [-0.2, -0.15) is 5.10 Å². The second-order valence-corrected chi connectivity index (χ2v) is 4.24. The summed E-state index contributed by atoms with van der Waals surface area (Å²) in [4.78, 5) is 0. The molecule has 0 aromatic carbocycles. The summed E-state index contributed by atoms with van der Waals surface area (Å²) in [6.07, 6.45) is 8.21. The van der Waals surface area contributed by atoms with E-state index in [1.165, 1.54) is 12.0 Å². The fourth-order valence-corrected chi connectivity index (χ4v) is 2.25. The van der Waals surface area contributed by atoms with Crippen molar-refractivity contribution in [2.24, 2.45) is 5.92 Å². The molecule has 0 bridgehead atoms. The van der Waals surface area contributed by atoms with Crippen LogP contribution in [0.25, 0.3) is 0 Å². The molecule has 1 fully saturated rings. The first kappa shape index (κ1) is 9.71. The monoisotopic (exact) mass is 194 g/mol. The smallest absolute Gasteiger partial charge is 0.0543 e. The Balaban J connectivity index is 1.90. The molecule has 1 aromatic heterocycles. The van der Waals surface area contributed by atoms with Gasteiger partial charge in [0.1, 0.15) is 0 Å². The summed E-state index contributed by atoms with van der Waals surface area (Å²) in [6, 6.07) is 0. The van der Waals surface area contributed by atoms with Gasteiger partial charge < -0.3 is 5.11 Å². The second-order valence-electron chi connectivity index (χ2n) is 4.24. The summed E-state index contributed by atoms with van der Waals surface area (Å²) in [7, 11) is 0. The van der Waals surface area contributed by atoms with Crippen molar-refractivity contribution in [2.75, 3.05) is 0 Å². The predicted octanol–water partition coefficient (Wildman–Crippen LogP) is 1.61. The molecule has 1 aliphatic carbocycles. The van der Waals surface area contributed by atoms with Crippen molar-refractivity contribution >= 4 is 0 Å². The third kappa shape index (κ3) is 2.15. The number of hydrogen-bond acceptors (Lipinski definition) is 2. The molecule has 3 nitrogen and oxygen atoms in total. The van der Waals surface area contributed by atoms with Gasteiger partial charge in [0.25, 0.3) is 0 Å². The largest absolute Gasteiger partial charge is 0.393 e. The minimum Gasteiger partial charge on any atom is -0.393 e. The lowest BCUT2D eigenvalue weighted by Crippen LogP contribution is -2.02. The van der Waals surface area contributed by atoms with Crippen molar-refractivity contribution in [1.82, 2.24) is 9.78 Å². The summed E-state index contributed by atoms with van der Waals surface area (Å²) in [5.74, 6) is 0.666. The molecular weight excluding hydrogens is 176 g/mol. The van der Waals surface area contributed by atoms with Crippen molar-refractivity contribution in [2.45, 2.75) is 45.3 Å². The van der Waals surface area contributed by atoms with Crippen LogP contribution in [0.2, 0.25) is 0 Å². The zero-order chi connectivity index (χ0) is 9.97. The van der Waals surface area contributed by atoms with Crippen LogP contribution in [0.4, 0.5) is 0 Å². The van der Waals surface area contributed by atoms with E-state index in [9.17, 15) is 5.11 Å². The van der Waals surface area contributed by atoms with Gasteiger partial charge in [-0.25, -0.2) is 0 Å². The molecular formula is C11H18N2O. The number of nitrogens with zero attached hydrogens (tertiary/aromatic N) is 2. The molecule has 78 valence electrons. The highest BCUT2D eigenvalue weighted by Crippen LogP contribution is 2.28. The van der Waals surface area contributed by atoms with E-state index in [4.69, 9.17) is 0 Å². The Bertz CT molecular complexity index is 295. The molecule has 2 rings (SSSR count). The first-order valence-corrected chi connectivity index (χ1v) is 5.47. The van der Waals surface area contributed by atoms with E-state index in [0.29, 0.717) is 5.92 Å². The molecule has 0 radical (unpaired) electrons. The van der Waals surface area contributed by atoms with Crippen LogP contribution in [0.5, 0.6) is 0 Å². The zero-order valence-electron chi connectivity index (χ0n) is 8.69. The molecule has 2 atom stereocenters. The fourth-order valence-electron chi connectivity index (χ4n) is 2.25. The van der Waals surface area contributed by atoms with Gasteiger partial charge in [0.15, 0.2) is 0 Å². The normalized spacial score (nSPS) is 27.0. The lowest BCUT2D eigenvalue weighted by Gasteiger charge is -2.06. The van der Waals surface area contributed by atoms with Gasteiger partial charge in [-0.05, 0) is 44.1 Å². The first-order chi connectivity index (χ1) is 6.78. The van der Waals surface area contributed by atoms with Crippen LogP contribution in [0.3, 0.4) is 0 Å². The molecule has 0 spiro atoms. The third-order valence-corrected chi connectivity index (χ3v) is 3.05. The Morgan fingerprint density at radius 2 is 2.43 bits per heavy atom. The van der Waals surface area contributed by atoms with Crippen LogP contribution in [0.15, 0.2) is 12.4 Å². The molecule has 14 heavy (non-hydrogen) atoms. The van der Waals surface area contributed by atoms with Gasteiger partial charge in [0.05, 0.1) is 12.3 Å². The number of aliphatic hydroxyl groups excluding tert-OH is 1. The van der Waals surface area contributed by atoms with E-state index in [2.05, 4.69) is 18.2 Å². The molecule has 1 saturated carbocycles. The molecule has 0 aliphatic heterocycles. The zero-order valence-corrected chi connectivity index (χ0v) is 8.69. The lowest BCUT2D eigenvalue weighted by atomic mass is 10.0. The lowest BCUT2D eigenvalue weighted by molar-refractivity contribution is 0.177. The Hall–Kier alpha value is -0.830. The average molecular weight is 194 g/mol. The number of aliphatic hydroxyl groups is 1. The Morgan fingerprint density at radius 1 is 1.57 bits per heavy atom. The minimum atomic E-state index is -0.0544. The van der Waals surface area contributed by atoms with Crippen LogP contribution in [-0.4, -0.2) is 21.0 Å². The summed E-state index contributed by atoms with van der Waals surface area (Å²) in [5.41, 5.74) is 1.31. The van der Waals surface area contributed by atoms with Gasteiger partial charge in [-0.1, -0.05) is 0 Å². The van der Waals surface area contributed by atoms with E-state index in [1.807, 2.05) is 10.9 Å². The van der Waals surface area contributed by atoms with Crippen molar-refractivity contribution in [3.63, 3.8) is 0 Å². The molecule has 1 N–H and O–H groups in total. The fraction of sp³-hybridized carbons (Fsp3) is 0.727. The van der Waals surface area contributed by atoms with E-state index in [-0.39, 0.29) is 6.10 Å². The molecule has 1 aromatic rings. The Morgan fingerprint density at radius 3 is 3.00 bits per heavy atom. The van der Waals surface area contributed by atoms with Gasteiger partial charge in [-0.15, -0.1) is 0 Å². The van der Waals surface area contributed by atoms with Crippen molar-refractivity contribution in [3.05, 3.63) is 18.0 Å². The molecule has 2 unspecified atom stereocenters. The maximum absolute atomic E-state index is 9.41. The standard InChI is InChI=1S/C11H18N2O/c1-2-13-8-10(7-12-13)5-9-3-4-11(14)6-9/h7-9,11,14H,2-6H2,1H3.